The molecule has 8 bridgehead atoms. The summed E-state index contributed by atoms with van der Waals surface area (Å²) in [6.45, 7) is 25.4. The number of rotatable bonds is 15. The summed E-state index contributed by atoms with van der Waals surface area (Å²) in [6, 6.07) is 4.05. The number of carbonyl (C=O) groups excluding carboxylic acids is 1. The average Bonchev–Trinajstić information content (AvgIpc) is 3.95. The number of aliphatic hydroxyl groups excluding tert-OH is 1. The quantitative estimate of drug-likeness (QED) is 0.0912. The number of carbonyl (C=O) groups is 1. The molecule has 0 aromatic carbocycles. The molecular formula is C52H65MgN4O4-. The fraction of sp³-hybridized carbons (Fsp3) is 0.481. The summed E-state index contributed by atoms with van der Waals surface area (Å²) in [5.41, 5.74) is 17.2. The first kappa shape index (κ1) is 47.9. The molecule has 2 aliphatic heterocycles. The van der Waals surface area contributed by atoms with Crippen LogP contribution in [-0.2, 0) is 16.0 Å². The fourth-order valence-electron chi connectivity index (χ4n) is 9.22. The van der Waals surface area contributed by atoms with Crippen molar-refractivity contribution >= 4 is 74.1 Å². The number of ether oxygens (including phenoxy) is 1. The van der Waals surface area contributed by atoms with Crippen molar-refractivity contribution in [3.63, 3.8) is 0 Å². The zero-order valence-electron chi connectivity index (χ0n) is 38.8. The third-order valence-corrected chi connectivity index (χ3v) is 12.5. The summed E-state index contributed by atoms with van der Waals surface area (Å²) in [7, 11) is 0. The Balaban J connectivity index is 0.00000704. The van der Waals surface area contributed by atoms with Gasteiger partial charge in [-0.25, -0.2) is 4.98 Å². The van der Waals surface area contributed by atoms with E-state index in [1.165, 1.54) is 16.7 Å². The van der Waals surface area contributed by atoms with Gasteiger partial charge in [-0.3, -0.25) is 9.78 Å². The monoisotopic (exact) mass is 833 g/mol. The number of fused-ring (bicyclic) bond motifs is 8. The van der Waals surface area contributed by atoms with Gasteiger partial charge in [0.1, 0.15) is 6.61 Å². The Hall–Kier alpha value is -4.18. The maximum atomic E-state index is 14.0. The van der Waals surface area contributed by atoms with Gasteiger partial charge in [0.2, 0.25) is 0 Å². The van der Waals surface area contributed by atoms with Gasteiger partial charge in [-0.15, -0.1) is 27.8 Å². The Kier molecular flexibility index (Phi) is 16.0. The minimum absolute atomic E-state index is 0. The van der Waals surface area contributed by atoms with Crippen LogP contribution in [0.25, 0.3) is 45.0 Å². The molecule has 3 atom stereocenters. The van der Waals surface area contributed by atoms with E-state index < -0.39 is 6.10 Å². The molecule has 9 heteroatoms. The van der Waals surface area contributed by atoms with E-state index in [1.807, 2.05) is 32.1 Å². The van der Waals surface area contributed by atoms with Crippen molar-refractivity contribution in [1.29, 1.82) is 0 Å². The molecule has 3 aromatic heterocycles. The van der Waals surface area contributed by atoms with Gasteiger partial charge < -0.3 is 24.9 Å². The molecule has 3 aromatic rings. The van der Waals surface area contributed by atoms with Crippen molar-refractivity contribution < 1.29 is 19.7 Å². The first-order chi connectivity index (χ1) is 28.5. The summed E-state index contributed by atoms with van der Waals surface area (Å²) in [4.78, 5) is 34.3. The van der Waals surface area contributed by atoms with Crippen LogP contribution in [0, 0.1) is 19.8 Å². The van der Waals surface area contributed by atoms with Gasteiger partial charge in [-0.1, -0.05) is 85.9 Å². The van der Waals surface area contributed by atoms with E-state index in [0.29, 0.717) is 35.4 Å². The molecule has 5 heterocycles. The van der Waals surface area contributed by atoms with Crippen molar-refractivity contribution in [2.45, 2.75) is 152 Å². The number of nitrogens with zero attached hydrogens (tertiary/aromatic N) is 4. The normalized spacial score (nSPS) is 16.9. The number of esters is 1. The van der Waals surface area contributed by atoms with Gasteiger partial charge in [0.15, 0.2) is 0 Å². The van der Waals surface area contributed by atoms with Crippen LogP contribution >= 0.6 is 0 Å². The molecule has 1 aliphatic carbocycles. The molecule has 6 rings (SSSR count). The average molecular weight is 834 g/mol. The van der Waals surface area contributed by atoms with E-state index in [9.17, 15) is 15.0 Å². The third kappa shape index (κ3) is 10.4. The van der Waals surface area contributed by atoms with E-state index in [1.54, 1.807) is 13.0 Å². The van der Waals surface area contributed by atoms with Crippen LogP contribution in [-0.4, -0.2) is 50.7 Å². The summed E-state index contributed by atoms with van der Waals surface area (Å²) < 4.78 is 5.76. The second-order valence-corrected chi connectivity index (χ2v) is 18.0. The summed E-state index contributed by atoms with van der Waals surface area (Å²) >= 11 is 0. The molecule has 61 heavy (non-hydrogen) atoms. The molecule has 8 nitrogen and oxygen atoms in total. The van der Waals surface area contributed by atoms with E-state index in [2.05, 4.69) is 74.5 Å². The fourth-order valence-corrected chi connectivity index (χ4v) is 9.22. The SMILES string of the molecule is CCc1c2c3[n-]c1cc1nc(cc4[n-]c(c(C)c5nc(c3C=C2[O-])[C@@H](CCC(=O)OC/C=C(\C)CC/C=C(\C)CCC=C(C)C)[C@@H]5C)c(C)c4[C@@H](C)O)C(C)=C1CC(C)C.[Mg+2]. The Morgan fingerprint density at radius 1 is 0.885 bits per heavy atom. The van der Waals surface area contributed by atoms with Crippen molar-refractivity contribution in [2.75, 3.05) is 6.61 Å². The number of hydrogen-bond acceptors (Lipinski definition) is 6. The smallest absolute Gasteiger partial charge is 0.872 e. The van der Waals surface area contributed by atoms with Crippen LogP contribution in [0.2, 0.25) is 0 Å². The van der Waals surface area contributed by atoms with Crippen LogP contribution in [0.15, 0.2) is 47.1 Å². The molecule has 3 aliphatic rings. The number of aryl methyl sites for hydroxylation is 3. The number of hydrogen-bond donors (Lipinski definition) is 1. The molecular weight excluding hydrogens is 769 g/mol. The number of aromatic nitrogens is 4. The van der Waals surface area contributed by atoms with Gasteiger partial charge in [0, 0.05) is 24.0 Å². The van der Waals surface area contributed by atoms with Crippen molar-refractivity contribution in [2.24, 2.45) is 5.92 Å². The second kappa shape index (κ2) is 20.3. The molecule has 1 N–H and O–H groups in total. The summed E-state index contributed by atoms with van der Waals surface area (Å²) in [6.07, 6.45) is 13.8. The molecule has 0 fully saturated rings. The first-order valence-corrected chi connectivity index (χ1v) is 22.1. The Bertz CT molecular complexity index is 2480. The zero-order chi connectivity index (χ0) is 43.6. The van der Waals surface area contributed by atoms with Gasteiger partial charge in [-0.05, 0) is 146 Å². The number of aliphatic hydroxyl groups is 1. The summed E-state index contributed by atoms with van der Waals surface area (Å²) in [5.74, 6) is -0.185. The van der Waals surface area contributed by atoms with E-state index >= 15 is 0 Å². The van der Waals surface area contributed by atoms with Crippen LogP contribution in [0.4, 0.5) is 0 Å². The van der Waals surface area contributed by atoms with Crippen LogP contribution < -0.4 is 15.1 Å². The molecule has 0 saturated carbocycles. The maximum absolute atomic E-state index is 14.0. The van der Waals surface area contributed by atoms with E-state index in [-0.39, 0.29) is 59.6 Å². The topological polar surface area (TPSA) is 124 Å². The van der Waals surface area contributed by atoms with Crippen LogP contribution in [0.3, 0.4) is 0 Å². The molecule has 320 valence electrons. The second-order valence-electron chi connectivity index (χ2n) is 18.0. The molecule has 0 radical (unpaired) electrons. The van der Waals surface area contributed by atoms with Gasteiger partial charge in [0.25, 0.3) is 0 Å². The van der Waals surface area contributed by atoms with E-state index in [0.717, 1.165) is 105 Å². The van der Waals surface area contributed by atoms with Gasteiger partial charge >= 0.3 is 29.0 Å². The predicted octanol–water partition coefficient (Wildman–Crippen LogP) is 11.2. The van der Waals surface area contributed by atoms with Crippen molar-refractivity contribution in [3.05, 3.63) is 103 Å². The largest absolute Gasteiger partial charge is 2.00 e. The molecule has 0 unspecified atom stereocenters. The van der Waals surface area contributed by atoms with Gasteiger partial charge in [0.05, 0.1) is 23.2 Å². The van der Waals surface area contributed by atoms with Crippen LogP contribution in [0.1, 0.15) is 188 Å². The first-order valence-electron chi connectivity index (χ1n) is 22.1. The molecule has 0 saturated heterocycles. The molecule has 0 spiro atoms. The predicted molar refractivity (Wildman–Crippen MR) is 251 cm³/mol. The standard InChI is InChI=1S/C52H66N4O4.Mg/c1-13-37-42-27-43-39(24-29(4)5)32(8)41(53-43)26-44-47(36(12)57)34(10)50(55-44)35(11)49-33(9)38(51(56-49)40-25-45(58)48(37)52(40)54-42)20-21-46(59)60-23-22-31(7)19-15-18-30(6)17-14-16-28(2)3;/h16,18,22,25-27,29,33,36,38,57H,13-15,17,19-21,23-24H2,1-12H3,(H-2,53,54,55,56,58);/q-2;+2/p-1/b30-18+,31-22+;/t33-,36+,38-;/m0./s1. The van der Waals surface area contributed by atoms with Crippen molar-refractivity contribution in [3.8, 4) is 0 Å². The minimum atomic E-state index is -0.748. The maximum Gasteiger partial charge on any atom is 2.00 e. The Morgan fingerprint density at radius 2 is 1.54 bits per heavy atom. The van der Waals surface area contributed by atoms with E-state index in [4.69, 9.17) is 24.7 Å². The van der Waals surface area contributed by atoms with Crippen LogP contribution in [0.5, 0.6) is 0 Å². The Morgan fingerprint density at radius 3 is 2.20 bits per heavy atom. The Labute approximate surface area is 380 Å². The third-order valence-electron chi connectivity index (χ3n) is 12.5. The van der Waals surface area contributed by atoms with Crippen molar-refractivity contribution in [1.82, 2.24) is 19.9 Å². The van der Waals surface area contributed by atoms with Gasteiger partial charge in [-0.2, -0.15) is 0 Å². The molecule has 0 amide bonds. The number of allylic oxidation sites excluding steroid dienone is 7. The summed E-state index contributed by atoms with van der Waals surface area (Å²) in [5, 5.41) is 25.1. The zero-order valence-corrected chi connectivity index (χ0v) is 40.2. The minimum Gasteiger partial charge on any atom is -0.872 e.